The molecule has 4 nitrogen and oxygen atoms in total. The fourth-order valence-electron chi connectivity index (χ4n) is 6.03. The maximum atomic E-state index is 9.13. The van der Waals surface area contributed by atoms with Crippen molar-refractivity contribution in [2.45, 2.75) is 0 Å². The van der Waals surface area contributed by atoms with Crippen LogP contribution >= 0.6 is 0 Å². The standard InChI is InChI=1S/C44H28N4/c45-29-30-14-16-31(17-15-30)32-18-22-35(23-19-32)40-13-7-12-34-24-27-39(28-41(34)40)33-20-25-38(26-21-33)44-47-42(36-8-3-1-4-9-36)46-43(48-44)37-10-5-2-6-11-37/h1-28H. The molecule has 0 aliphatic heterocycles. The molecule has 0 fully saturated rings. The van der Waals surface area contributed by atoms with Crippen LogP contribution < -0.4 is 0 Å². The first-order chi connectivity index (χ1) is 23.7. The SMILES string of the molecule is N#Cc1ccc(-c2ccc(-c3cccc4ccc(-c5ccc(-c6nc(-c7ccccc7)nc(-c7ccccc7)n6)cc5)cc34)cc2)cc1. The van der Waals surface area contributed by atoms with Crippen molar-refractivity contribution in [1.82, 2.24) is 15.0 Å². The maximum absolute atomic E-state index is 9.13. The second kappa shape index (κ2) is 12.6. The Morgan fingerprint density at radius 1 is 0.354 bits per heavy atom. The normalized spacial score (nSPS) is 10.9. The molecule has 0 aliphatic carbocycles. The lowest BCUT2D eigenvalue weighted by Crippen LogP contribution is -2.00. The molecule has 0 saturated carbocycles. The molecule has 224 valence electrons. The topological polar surface area (TPSA) is 62.5 Å². The van der Waals surface area contributed by atoms with Gasteiger partial charge in [-0.3, -0.25) is 0 Å². The molecular weight excluding hydrogens is 585 g/mol. The van der Waals surface area contributed by atoms with E-state index in [0.717, 1.165) is 44.5 Å². The van der Waals surface area contributed by atoms with Crippen molar-refractivity contribution in [3.8, 4) is 73.6 Å². The number of hydrogen-bond donors (Lipinski definition) is 0. The molecule has 1 heterocycles. The molecule has 0 radical (unpaired) electrons. The van der Waals surface area contributed by atoms with E-state index in [0.29, 0.717) is 23.0 Å². The molecule has 0 bridgehead atoms. The molecule has 0 amide bonds. The lowest BCUT2D eigenvalue weighted by molar-refractivity contribution is 1.07. The van der Waals surface area contributed by atoms with Crippen LogP contribution in [0.1, 0.15) is 5.56 Å². The van der Waals surface area contributed by atoms with Crippen molar-refractivity contribution in [2.24, 2.45) is 0 Å². The van der Waals surface area contributed by atoms with Gasteiger partial charge in [-0.15, -0.1) is 0 Å². The zero-order valence-electron chi connectivity index (χ0n) is 26.0. The average molecular weight is 613 g/mol. The number of rotatable bonds is 6. The summed E-state index contributed by atoms with van der Waals surface area (Å²) in [5.41, 5.74) is 10.3. The Hall–Kier alpha value is -6.70. The van der Waals surface area contributed by atoms with E-state index >= 15 is 0 Å². The Kier molecular flexibility index (Phi) is 7.54. The Balaban J connectivity index is 1.13. The zero-order chi connectivity index (χ0) is 32.3. The van der Waals surface area contributed by atoms with E-state index in [-0.39, 0.29) is 0 Å². The summed E-state index contributed by atoms with van der Waals surface area (Å²) in [6.45, 7) is 0. The van der Waals surface area contributed by atoms with Gasteiger partial charge in [0.15, 0.2) is 17.5 Å². The van der Waals surface area contributed by atoms with Crippen molar-refractivity contribution in [1.29, 1.82) is 5.26 Å². The number of nitrogens with zero attached hydrogens (tertiary/aromatic N) is 4. The second-order valence-electron chi connectivity index (χ2n) is 11.6. The predicted molar refractivity (Wildman–Crippen MR) is 195 cm³/mol. The van der Waals surface area contributed by atoms with Gasteiger partial charge in [-0.1, -0.05) is 152 Å². The third kappa shape index (κ3) is 5.73. The summed E-state index contributed by atoms with van der Waals surface area (Å²) in [5.74, 6) is 1.94. The zero-order valence-corrected chi connectivity index (χ0v) is 26.0. The van der Waals surface area contributed by atoms with Crippen LogP contribution in [-0.2, 0) is 0 Å². The van der Waals surface area contributed by atoms with Crippen LogP contribution in [0.15, 0.2) is 170 Å². The van der Waals surface area contributed by atoms with E-state index in [4.69, 9.17) is 20.2 Å². The monoisotopic (exact) mass is 612 g/mol. The largest absolute Gasteiger partial charge is 0.208 e. The summed E-state index contributed by atoms with van der Waals surface area (Å²) in [5, 5.41) is 11.5. The third-order valence-corrected chi connectivity index (χ3v) is 8.60. The molecule has 0 aliphatic rings. The third-order valence-electron chi connectivity index (χ3n) is 8.60. The van der Waals surface area contributed by atoms with Crippen molar-refractivity contribution >= 4 is 10.8 Å². The van der Waals surface area contributed by atoms with E-state index in [1.165, 1.54) is 16.3 Å². The number of fused-ring (bicyclic) bond motifs is 1. The van der Waals surface area contributed by atoms with Crippen LogP contribution in [0.25, 0.3) is 78.3 Å². The van der Waals surface area contributed by atoms with E-state index in [2.05, 4.69) is 91.0 Å². The molecule has 0 unspecified atom stereocenters. The van der Waals surface area contributed by atoms with Crippen LogP contribution in [0.4, 0.5) is 0 Å². The molecule has 1 aromatic heterocycles. The van der Waals surface area contributed by atoms with E-state index < -0.39 is 0 Å². The molecule has 0 spiro atoms. The summed E-state index contributed by atoms with van der Waals surface area (Å²) in [7, 11) is 0. The molecule has 0 atom stereocenters. The van der Waals surface area contributed by atoms with Crippen LogP contribution in [0.2, 0.25) is 0 Å². The first kappa shape index (κ1) is 28.8. The van der Waals surface area contributed by atoms with Gasteiger partial charge >= 0.3 is 0 Å². The van der Waals surface area contributed by atoms with E-state index in [1.54, 1.807) is 0 Å². The van der Waals surface area contributed by atoms with Crippen molar-refractivity contribution in [3.05, 3.63) is 175 Å². The van der Waals surface area contributed by atoms with E-state index in [9.17, 15) is 0 Å². The van der Waals surface area contributed by atoms with Gasteiger partial charge in [0, 0.05) is 16.7 Å². The molecule has 8 aromatic rings. The smallest absolute Gasteiger partial charge is 0.164 e. The minimum Gasteiger partial charge on any atom is -0.208 e. The van der Waals surface area contributed by atoms with Crippen LogP contribution in [-0.4, -0.2) is 15.0 Å². The fourth-order valence-corrected chi connectivity index (χ4v) is 6.03. The summed E-state index contributed by atoms with van der Waals surface area (Å²) >= 11 is 0. The molecule has 0 N–H and O–H groups in total. The molecule has 8 rings (SSSR count). The molecule has 4 heteroatoms. The minimum absolute atomic E-state index is 0.638. The van der Waals surface area contributed by atoms with Gasteiger partial charge in [0.25, 0.3) is 0 Å². The van der Waals surface area contributed by atoms with Gasteiger partial charge in [0.2, 0.25) is 0 Å². The van der Waals surface area contributed by atoms with Crippen molar-refractivity contribution in [2.75, 3.05) is 0 Å². The maximum Gasteiger partial charge on any atom is 0.164 e. The predicted octanol–water partition coefficient (Wildman–Crippen LogP) is 10.9. The van der Waals surface area contributed by atoms with Crippen molar-refractivity contribution in [3.63, 3.8) is 0 Å². The van der Waals surface area contributed by atoms with E-state index in [1.807, 2.05) is 84.9 Å². The lowest BCUT2D eigenvalue weighted by atomic mass is 9.93. The molecule has 0 saturated heterocycles. The summed E-state index contributed by atoms with van der Waals surface area (Å²) < 4.78 is 0. The quantitative estimate of drug-likeness (QED) is 0.187. The summed E-state index contributed by atoms with van der Waals surface area (Å²) in [6.07, 6.45) is 0. The summed E-state index contributed by atoms with van der Waals surface area (Å²) in [6, 6.07) is 60.1. The Bertz CT molecular complexity index is 2350. The number of hydrogen-bond acceptors (Lipinski definition) is 4. The van der Waals surface area contributed by atoms with Gasteiger partial charge in [-0.2, -0.15) is 5.26 Å². The number of benzene rings is 7. The van der Waals surface area contributed by atoms with Crippen LogP contribution in [0.3, 0.4) is 0 Å². The molecule has 7 aromatic carbocycles. The number of nitriles is 1. The average Bonchev–Trinajstić information content (AvgIpc) is 3.18. The first-order valence-electron chi connectivity index (χ1n) is 15.8. The number of aromatic nitrogens is 3. The highest BCUT2D eigenvalue weighted by molar-refractivity contribution is 5.99. The fraction of sp³-hybridized carbons (Fsp3) is 0. The van der Waals surface area contributed by atoms with Crippen molar-refractivity contribution < 1.29 is 0 Å². The lowest BCUT2D eigenvalue weighted by Gasteiger charge is -2.11. The van der Waals surface area contributed by atoms with Gasteiger partial charge in [-0.05, 0) is 62.4 Å². The van der Waals surface area contributed by atoms with Gasteiger partial charge < -0.3 is 0 Å². The Morgan fingerprint density at radius 2 is 0.792 bits per heavy atom. The second-order valence-corrected chi connectivity index (χ2v) is 11.6. The van der Waals surface area contributed by atoms with Gasteiger partial charge in [0.05, 0.1) is 11.6 Å². The highest BCUT2D eigenvalue weighted by Gasteiger charge is 2.13. The highest BCUT2D eigenvalue weighted by Crippen LogP contribution is 2.34. The summed E-state index contributed by atoms with van der Waals surface area (Å²) in [4.78, 5) is 14.6. The van der Waals surface area contributed by atoms with Crippen LogP contribution in [0, 0.1) is 11.3 Å². The molecule has 48 heavy (non-hydrogen) atoms. The minimum atomic E-state index is 0.638. The van der Waals surface area contributed by atoms with Gasteiger partial charge in [0.1, 0.15) is 0 Å². The highest BCUT2D eigenvalue weighted by atomic mass is 15.0. The van der Waals surface area contributed by atoms with Gasteiger partial charge in [-0.25, -0.2) is 15.0 Å². The molecular formula is C44H28N4. The Labute approximate surface area is 279 Å². The Morgan fingerprint density at radius 3 is 1.33 bits per heavy atom. The van der Waals surface area contributed by atoms with Crippen LogP contribution in [0.5, 0.6) is 0 Å². The first-order valence-corrected chi connectivity index (χ1v) is 15.8.